The lowest BCUT2D eigenvalue weighted by atomic mass is 10.1. The van der Waals surface area contributed by atoms with Gasteiger partial charge in [0.1, 0.15) is 6.54 Å². The van der Waals surface area contributed by atoms with Gasteiger partial charge in [0.25, 0.3) is 5.56 Å². The normalized spacial score (nSPS) is 11.4. The van der Waals surface area contributed by atoms with Crippen LogP contribution in [0.3, 0.4) is 0 Å². The molecule has 0 aliphatic heterocycles. The Morgan fingerprint density at radius 2 is 1.76 bits per heavy atom. The average molecular weight is 398 g/mol. The van der Waals surface area contributed by atoms with E-state index in [0.29, 0.717) is 23.6 Å². The predicted octanol–water partition coefficient (Wildman–Crippen LogP) is 0.511. The standard InChI is InChI=1S/C21H27N5O3/c1-4-11-25(12-5-2)14-17-22-19-18(20(28)23-21(29)24(19)3)26(17)13-16(27)15-9-7-6-8-10-15/h6-10H,4-5,11-14H2,1-3H3,(H,23,28,29)/p+1. The Balaban J connectivity index is 2.11. The number of carbonyl (C=O) groups is 1. The first-order valence-electron chi connectivity index (χ1n) is 10.1. The van der Waals surface area contributed by atoms with E-state index in [-0.39, 0.29) is 17.8 Å². The van der Waals surface area contributed by atoms with Crippen molar-refractivity contribution < 1.29 is 9.69 Å². The Morgan fingerprint density at radius 3 is 2.38 bits per heavy atom. The molecule has 0 unspecified atom stereocenters. The second-order valence-corrected chi connectivity index (χ2v) is 7.32. The molecule has 0 saturated heterocycles. The Morgan fingerprint density at radius 1 is 1.10 bits per heavy atom. The number of hydrogen-bond donors (Lipinski definition) is 2. The smallest absolute Gasteiger partial charge is 0.329 e. The maximum atomic E-state index is 12.9. The maximum absolute atomic E-state index is 12.9. The molecule has 154 valence electrons. The molecular weight excluding hydrogens is 370 g/mol. The van der Waals surface area contributed by atoms with Crippen LogP contribution in [-0.4, -0.2) is 38.0 Å². The first-order valence-corrected chi connectivity index (χ1v) is 10.1. The van der Waals surface area contributed by atoms with E-state index in [0.717, 1.165) is 25.9 Å². The third kappa shape index (κ3) is 4.37. The fourth-order valence-electron chi connectivity index (χ4n) is 3.68. The number of carbonyl (C=O) groups excluding carboxylic acids is 1. The van der Waals surface area contributed by atoms with Crippen LogP contribution in [0.15, 0.2) is 39.9 Å². The zero-order valence-electron chi connectivity index (χ0n) is 17.2. The zero-order valence-corrected chi connectivity index (χ0v) is 17.2. The lowest BCUT2D eigenvalue weighted by Crippen LogP contribution is -3.10. The molecule has 2 heterocycles. The number of imidazole rings is 1. The fourth-order valence-corrected chi connectivity index (χ4v) is 3.68. The minimum absolute atomic E-state index is 0.00264. The average Bonchev–Trinajstić information content (AvgIpc) is 3.06. The highest BCUT2D eigenvalue weighted by atomic mass is 16.2. The van der Waals surface area contributed by atoms with Crippen LogP contribution in [0.5, 0.6) is 0 Å². The molecule has 0 aliphatic carbocycles. The first kappa shape index (κ1) is 20.7. The highest BCUT2D eigenvalue weighted by Crippen LogP contribution is 2.12. The van der Waals surface area contributed by atoms with Gasteiger partial charge in [0.05, 0.1) is 19.6 Å². The van der Waals surface area contributed by atoms with Crippen LogP contribution < -0.4 is 16.1 Å². The number of aryl methyl sites for hydroxylation is 1. The van der Waals surface area contributed by atoms with Gasteiger partial charge in [0, 0.05) is 12.6 Å². The van der Waals surface area contributed by atoms with Crippen molar-refractivity contribution in [1.82, 2.24) is 19.1 Å². The number of rotatable bonds is 9. The molecule has 8 heteroatoms. The third-order valence-electron chi connectivity index (χ3n) is 5.10. The molecule has 0 saturated carbocycles. The number of ketones is 1. The van der Waals surface area contributed by atoms with Gasteiger partial charge in [0.2, 0.25) is 0 Å². The summed E-state index contributed by atoms with van der Waals surface area (Å²) in [6.45, 7) is 6.80. The summed E-state index contributed by atoms with van der Waals surface area (Å²) in [6.07, 6.45) is 2.05. The number of H-pyrrole nitrogens is 1. The molecule has 0 aliphatic rings. The molecule has 0 radical (unpaired) electrons. The highest BCUT2D eigenvalue weighted by Gasteiger charge is 2.22. The summed E-state index contributed by atoms with van der Waals surface area (Å²) in [5.41, 5.74) is 0.114. The molecule has 3 aromatic rings. The second-order valence-electron chi connectivity index (χ2n) is 7.32. The zero-order chi connectivity index (χ0) is 21.0. The van der Waals surface area contributed by atoms with Crippen molar-refractivity contribution in [2.75, 3.05) is 13.1 Å². The van der Waals surface area contributed by atoms with Crippen molar-refractivity contribution >= 4 is 16.9 Å². The summed E-state index contributed by atoms with van der Waals surface area (Å²) in [5.74, 6) is 0.541. The molecule has 2 N–H and O–H groups in total. The van der Waals surface area contributed by atoms with Crippen LogP contribution in [0.25, 0.3) is 11.2 Å². The van der Waals surface area contributed by atoms with E-state index >= 15 is 0 Å². The summed E-state index contributed by atoms with van der Waals surface area (Å²) in [4.78, 5) is 45.8. The van der Waals surface area contributed by atoms with Gasteiger partial charge >= 0.3 is 5.69 Å². The van der Waals surface area contributed by atoms with Gasteiger partial charge in [-0.05, 0) is 12.8 Å². The van der Waals surface area contributed by atoms with E-state index < -0.39 is 11.2 Å². The Hall–Kier alpha value is -3.00. The molecule has 2 aromatic heterocycles. The summed E-state index contributed by atoms with van der Waals surface area (Å²) < 4.78 is 3.00. The number of hydrogen-bond acceptors (Lipinski definition) is 4. The minimum atomic E-state index is -0.518. The Bertz CT molecular complexity index is 1110. The lowest BCUT2D eigenvalue weighted by molar-refractivity contribution is -0.914. The SMILES string of the molecule is CCC[NH+](CCC)Cc1nc2c(c(=O)[nH]c(=O)n2C)n1CC(=O)c1ccccc1. The van der Waals surface area contributed by atoms with Crippen molar-refractivity contribution in [3.63, 3.8) is 0 Å². The number of nitrogens with zero attached hydrogens (tertiary/aromatic N) is 3. The molecule has 0 atom stereocenters. The van der Waals surface area contributed by atoms with Crippen LogP contribution >= 0.6 is 0 Å². The quantitative estimate of drug-likeness (QED) is 0.514. The van der Waals surface area contributed by atoms with Crippen molar-refractivity contribution in [3.05, 3.63) is 62.6 Å². The van der Waals surface area contributed by atoms with Crippen molar-refractivity contribution in [2.45, 2.75) is 39.8 Å². The molecule has 3 rings (SSSR count). The van der Waals surface area contributed by atoms with Crippen molar-refractivity contribution in [1.29, 1.82) is 0 Å². The van der Waals surface area contributed by atoms with Crippen LogP contribution in [0, 0.1) is 0 Å². The van der Waals surface area contributed by atoms with Crippen LogP contribution in [-0.2, 0) is 20.1 Å². The van der Waals surface area contributed by atoms with Crippen LogP contribution in [0.1, 0.15) is 42.9 Å². The number of aromatic amines is 1. The predicted molar refractivity (Wildman–Crippen MR) is 111 cm³/mol. The molecule has 29 heavy (non-hydrogen) atoms. The van der Waals surface area contributed by atoms with Gasteiger partial charge in [-0.2, -0.15) is 0 Å². The molecule has 0 bridgehead atoms. The molecular formula is C21H28N5O3+. The molecule has 8 nitrogen and oxygen atoms in total. The van der Waals surface area contributed by atoms with Gasteiger partial charge in [0.15, 0.2) is 22.8 Å². The van der Waals surface area contributed by atoms with Gasteiger partial charge in [-0.15, -0.1) is 0 Å². The summed E-state index contributed by atoms with van der Waals surface area (Å²) in [5, 5.41) is 0. The number of benzene rings is 1. The lowest BCUT2D eigenvalue weighted by Gasteiger charge is -2.18. The van der Waals surface area contributed by atoms with Crippen molar-refractivity contribution in [3.8, 4) is 0 Å². The topological polar surface area (TPSA) is 94.2 Å². The molecule has 0 spiro atoms. The third-order valence-corrected chi connectivity index (χ3v) is 5.10. The minimum Gasteiger partial charge on any atom is -0.329 e. The molecule has 1 aromatic carbocycles. The van der Waals surface area contributed by atoms with Crippen molar-refractivity contribution in [2.24, 2.45) is 7.05 Å². The van der Waals surface area contributed by atoms with E-state index in [1.165, 1.54) is 9.47 Å². The van der Waals surface area contributed by atoms with Crippen LogP contribution in [0.4, 0.5) is 0 Å². The van der Waals surface area contributed by atoms with E-state index in [1.54, 1.807) is 23.7 Å². The number of aromatic nitrogens is 4. The monoisotopic (exact) mass is 398 g/mol. The fraction of sp³-hybridized carbons (Fsp3) is 0.429. The number of Topliss-reactive ketones (excluding diaryl/α,β-unsaturated/α-hetero) is 1. The summed E-state index contributed by atoms with van der Waals surface area (Å²) >= 11 is 0. The number of fused-ring (bicyclic) bond motifs is 1. The summed E-state index contributed by atoms with van der Waals surface area (Å²) in [6, 6.07) is 8.99. The van der Waals surface area contributed by atoms with Gasteiger partial charge < -0.3 is 9.47 Å². The van der Waals surface area contributed by atoms with Gasteiger partial charge in [-0.3, -0.25) is 19.1 Å². The highest BCUT2D eigenvalue weighted by molar-refractivity contribution is 5.96. The molecule has 0 fully saturated rings. The number of nitrogens with one attached hydrogen (secondary N) is 2. The van der Waals surface area contributed by atoms with Gasteiger partial charge in [-0.25, -0.2) is 9.78 Å². The van der Waals surface area contributed by atoms with E-state index in [2.05, 4.69) is 23.8 Å². The Labute approximate surface area is 168 Å². The Kier molecular flexibility index (Phi) is 6.43. The van der Waals surface area contributed by atoms with E-state index in [4.69, 9.17) is 0 Å². The van der Waals surface area contributed by atoms with Gasteiger partial charge in [-0.1, -0.05) is 44.2 Å². The largest absolute Gasteiger partial charge is 0.329 e. The van der Waals surface area contributed by atoms with E-state index in [1.807, 2.05) is 18.2 Å². The first-order chi connectivity index (χ1) is 14.0. The van der Waals surface area contributed by atoms with Crippen LogP contribution in [0.2, 0.25) is 0 Å². The second kappa shape index (κ2) is 9.00. The molecule has 0 amide bonds. The number of quaternary nitrogens is 1. The van der Waals surface area contributed by atoms with E-state index in [9.17, 15) is 14.4 Å². The summed E-state index contributed by atoms with van der Waals surface area (Å²) in [7, 11) is 1.57. The maximum Gasteiger partial charge on any atom is 0.329 e.